The molecule has 6 heteroatoms. The van der Waals surface area contributed by atoms with Crippen LogP contribution in [0.2, 0.25) is 0 Å². The summed E-state index contributed by atoms with van der Waals surface area (Å²) in [5.41, 5.74) is -0.649. The summed E-state index contributed by atoms with van der Waals surface area (Å²) in [6, 6.07) is 0.974. The summed E-state index contributed by atoms with van der Waals surface area (Å²) < 4.78 is 0. The average Bonchev–Trinajstić information content (AvgIpc) is 2.13. The zero-order valence-corrected chi connectivity index (χ0v) is 8.65. The smallest absolute Gasteiger partial charge is 0.354 e. The number of aromatic carboxylic acids is 1. The molecule has 1 aromatic heterocycles. The van der Waals surface area contributed by atoms with E-state index in [4.69, 9.17) is 5.11 Å². The number of carbonyl (C=O) groups is 1. The maximum atomic E-state index is 11.1. The maximum Gasteiger partial charge on any atom is 0.354 e. The highest BCUT2D eigenvalue weighted by molar-refractivity contribution is 5.85. The predicted octanol–water partition coefficient (Wildman–Crippen LogP) is -0.428. The molecule has 0 aromatic carbocycles. The Labute approximate surface area is 86.6 Å². The molecule has 6 nitrogen and oxygen atoms in total. The van der Waals surface area contributed by atoms with E-state index in [-0.39, 0.29) is 5.69 Å². The van der Waals surface area contributed by atoms with Crippen LogP contribution < -0.4 is 5.56 Å². The van der Waals surface area contributed by atoms with E-state index >= 15 is 0 Å². The maximum absolute atomic E-state index is 11.1. The van der Waals surface area contributed by atoms with Crippen molar-refractivity contribution in [1.29, 1.82) is 0 Å². The third-order valence-electron chi connectivity index (χ3n) is 1.81. The summed E-state index contributed by atoms with van der Waals surface area (Å²) in [6.07, 6.45) is 0.517. The molecule has 82 valence electrons. The monoisotopic (exact) mass is 211 g/mol. The van der Waals surface area contributed by atoms with Gasteiger partial charge in [-0.15, -0.1) is 0 Å². The van der Waals surface area contributed by atoms with Gasteiger partial charge in [0.25, 0.3) is 5.56 Å². The summed E-state index contributed by atoms with van der Waals surface area (Å²) >= 11 is 0. The molecule has 0 fully saturated rings. The van der Waals surface area contributed by atoms with Crippen molar-refractivity contribution in [3.05, 3.63) is 27.9 Å². The van der Waals surface area contributed by atoms with E-state index < -0.39 is 11.5 Å². The molecule has 2 N–H and O–H groups in total. The van der Waals surface area contributed by atoms with Crippen molar-refractivity contribution in [2.24, 2.45) is 0 Å². The molecule has 0 aliphatic heterocycles. The molecule has 0 amide bonds. The summed E-state index contributed by atoms with van der Waals surface area (Å²) in [7, 11) is 3.78. The molecular formula is C9H13N3O3. The molecule has 0 bridgehead atoms. The average molecular weight is 211 g/mol. The van der Waals surface area contributed by atoms with Crippen molar-refractivity contribution in [2.75, 3.05) is 20.6 Å². The van der Waals surface area contributed by atoms with Crippen LogP contribution in [0.1, 0.15) is 16.3 Å². The first-order valence-electron chi connectivity index (χ1n) is 4.47. The molecule has 0 saturated carbocycles. The molecule has 0 unspecified atom stereocenters. The Morgan fingerprint density at radius 1 is 1.60 bits per heavy atom. The van der Waals surface area contributed by atoms with Crippen LogP contribution >= 0.6 is 0 Å². The predicted molar refractivity (Wildman–Crippen MR) is 54.1 cm³/mol. The minimum atomic E-state index is -1.19. The molecule has 1 heterocycles. The topological polar surface area (TPSA) is 86.3 Å². The lowest BCUT2D eigenvalue weighted by Crippen LogP contribution is -2.20. The summed E-state index contributed by atoms with van der Waals surface area (Å²) in [6.45, 7) is 0.700. The van der Waals surface area contributed by atoms with Gasteiger partial charge in [0.15, 0.2) is 5.69 Å². The second-order valence-electron chi connectivity index (χ2n) is 3.44. The lowest BCUT2D eigenvalue weighted by Gasteiger charge is -2.08. The quantitative estimate of drug-likeness (QED) is 0.706. The van der Waals surface area contributed by atoms with Crippen LogP contribution in [0.25, 0.3) is 0 Å². The number of nitrogens with one attached hydrogen (secondary N) is 1. The molecule has 0 spiro atoms. The number of carboxylic acids is 1. The highest BCUT2D eigenvalue weighted by atomic mass is 16.4. The fraction of sp³-hybridized carbons (Fsp3) is 0.444. The first-order valence-corrected chi connectivity index (χ1v) is 4.47. The Bertz CT molecular complexity index is 411. The van der Waals surface area contributed by atoms with E-state index in [1.807, 2.05) is 19.0 Å². The van der Waals surface area contributed by atoms with Crippen LogP contribution in [0.5, 0.6) is 0 Å². The van der Waals surface area contributed by atoms with Gasteiger partial charge in [0.05, 0.1) is 0 Å². The van der Waals surface area contributed by atoms with Crippen LogP contribution in [-0.4, -0.2) is 46.6 Å². The standard InChI is InChI=1S/C9H13N3O3/c1-12(2)4-3-7-10-6(9(14)15)5-8(13)11-7/h5H,3-4H2,1-2H3,(H,14,15)(H,10,11,13). The van der Waals surface area contributed by atoms with Crippen molar-refractivity contribution in [3.8, 4) is 0 Å². The van der Waals surface area contributed by atoms with E-state index in [0.29, 0.717) is 18.8 Å². The fourth-order valence-electron chi connectivity index (χ4n) is 1.07. The first kappa shape index (κ1) is 11.4. The molecule has 0 aliphatic rings. The molecule has 0 saturated heterocycles. The Hall–Kier alpha value is -1.69. The molecule has 0 aliphatic carbocycles. The minimum absolute atomic E-state index is 0.215. The number of nitrogens with zero attached hydrogens (tertiary/aromatic N) is 2. The van der Waals surface area contributed by atoms with Crippen LogP contribution in [0.4, 0.5) is 0 Å². The van der Waals surface area contributed by atoms with Crippen LogP contribution in [0.3, 0.4) is 0 Å². The van der Waals surface area contributed by atoms with E-state index in [1.165, 1.54) is 0 Å². The zero-order valence-electron chi connectivity index (χ0n) is 8.65. The molecule has 0 atom stereocenters. The number of hydrogen-bond donors (Lipinski definition) is 2. The Morgan fingerprint density at radius 2 is 2.27 bits per heavy atom. The number of aromatic nitrogens is 2. The summed E-state index contributed by atoms with van der Waals surface area (Å²) in [5, 5.41) is 8.69. The van der Waals surface area contributed by atoms with Gasteiger partial charge >= 0.3 is 5.97 Å². The Kier molecular flexibility index (Phi) is 3.56. The van der Waals surface area contributed by atoms with Gasteiger partial charge in [-0.1, -0.05) is 0 Å². The van der Waals surface area contributed by atoms with E-state index in [0.717, 1.165) is 6.07 Å². The van der Waals surface area contributed by atoms with E-state index in [2.05, 4.69) is 9.97 Å². The van der Waals surface area contributed by atoms with Crippen molar-refractivity contribution >= 4 is 5.97 Å². The van der Waals surface area contributed by atoms with Gasteiger partial charge in [0, 0.05) is 19.0 Å². The number of H-pyrrole nitrogens is 1. The van der Waals surface area contributed by atoms with Gasteiger partial charge in [0.2, 0.25) is 0 Å². The molecule has 0 radical (unpaired) electrons. The van der Waals surface area contributed by atoms with Crippen LogP contribution in [0, 0.1) is 0 Å². The van der Waals surface area contributed by atoms with Gasteiger partial charge in [-0.25, -0.2) is 9.78 Å². The molecule has 15 heavy (non-hydrogen) atoms. The Morgan fingerprint density at radius 3 is 2.80 bits per heavy atom. The van der Waals surface area contributed by atoms with Gasteiger partial charge in [-0.05, 0) is 14.1 Å². The number of rotatable bonds is 4. The van der Waals surface area contributed by atoms with Crippen LogP contribution in [-0.2, 0) is 6.42 Å². The minimum Gasteiger partial charge on any atom is -0.477 e. The normalized spacial score (nSPS) is 10.6. The third-order valence-corrected chi connectivity index (χ3v) is 1.81. The number of likely N-dealkylation sites (N-methyl/N-ethyl adjacent to an activating group) is 1. The van der Waals surface area contributed by atoms with Crippen LogP contribution in [0.15, 0.2) is 10.9 Å². The molecule has 1 rings (SSSR count). The van der Waals surface area contributed by atoms with Crippen molar-refractivity contribution in [2.45, 2.75) is 6.42 Å². The van der Waals surface area contributed by atoms with Gasteiger partial charge in [-0.3, -0.25) is 4.79 Å². The van der Waals surface area contributed by atoms with E-state index in [9.17, 15) is 9.59 Å². The van der Waals surface area contributed by atoms with Gasteiger partial charge in [-0.2, -0.15) is 0 Å². The van der Waals surface area contributed by atoms with E-state index in [1.54, 1.807) is 0 Å². The highest BCUT2D eigenvalue weighted by Crippen LogP contribution is 1.94. The zero-order chi connectivity index (χ0) is 11.4. The lowest BCUT2D eigenvalue weighted by molar-refractivity contribution is 0.0689. The van der Waals surface area contributed by atoms with Crippen molar-refractivity contribution < 1.29 is 9.90 Å². The number of carboxylic acid groups (broad SMARTS) is 1. The van der Waals surface area contributed by atoms with Crippen molar-refractivity contribution in [3.63, 3.8) is 0 Å². The largest absolute Gasteiger partial charge is 0.477 e. The highest BCUT2D eigenvalue weighted by Gasteiger charge is 2.07. The SMILES string of the molecule is CN(C)CCc1nc(C(=O)O)cc(=O)[nH]1. The first-order chi connectivity index (χ1) is 6.99. The Balaban J connectivity index is 2.89. The second kappa shape index (κ2) is 4.70. The molecule has 1 aromatic rings. The number of aromatic amines is 1. The van der Waals surface area contributed by atoms with Gasteiger partial charge < -0.3 is 15.0 Å². The van der Waals surface area contributed by atoms with Gasteiger partial charge in [0.1, 0.15) is 5.82 Å². The summed E-state index contributed by atoms with van der Waals surface area (Å²) in [5.74, 6) is -0.791. The third kappa shape index (κ3) is 3.51. The molecular weight excluding hydrogens is 198 g/mol. The number of hydrogen-bond acceptors (Lipinski definition) is 4. The lowest BCUT2D eigenvalue weighted by atomic mass is 10.3. The van der Waals surface area contributed by atoms with Crippen molar-refractivity contribution in [1.82, 2.24) is 14.9 Å². The summed E-state index contributed by atoms with van der Waals surface area (Å²) in [4.78, 5) is 30.0. The second-order valence-corrected chi connectivity index (χ2v) is 3.44. The fourth-order valence-corrected chi connectivity index (χ4v) is 1.07.